The molecule has 0 unspecified atom stereocenters. The van der Waals surface area contributed by atoms with Gasteiger partial charge in [0.1, 0.15) is 11.6 Å². The molecule has 0 atom stereocenters. The summed E-state index contributed by atoms with van der Waals surface area (Å²) < 4.78 is 35.2. The number of nitrogens with one attached hydrogen (secondary N) is 2. The van der Waals surface area contributed by atoms with E-state index in [4.69, 9.17) is 16.3 Å². The quantitative estimate of drug-likeness (QED) is 0.302. The maximum absolute atomic E-state index is 12.6. The number of aromatic nitrogens is 1. The molecule has 0 spiro atoms. The van der Waals surface area contributed by atoms with Crippen LogP contribution in [0.3, 0.4) is 0 Å². The summed E-state index contributed by atoms with van der Waals surface area (Å²) in [5, 5.41) is 6.76. The molecule has 1 saturated heterocycles. The molecule has 0 aliphatic carbocycles. The molecular formula is C20H25ClF2IN5O2. The topological polar surface area (TPSA) is 71.0 Å². The van der Waals surface area contributed by atoms with Crippen LogP contribution in [0.15, 0.2) is 41.5 Å². The fourth-order valence-corrected chi connectivity index (χ4v) is 3.30. The standard InChI is InChI=1S/C20H24ClF2N5O2.HI/c1-24-20(27-13-15-11-16(21)4-5-17(15)30-19(22)23)26-12-14-3-2-6-25-18(14)28-7-9-29-10-8-28;/h2-6,11,19H,7-10,12-13H2,1H3,(H2,24,26,27);1H. The maximum atomic E-state index is 12.6. The van der Waals surface area contributed by atoms with E-state index in [-0.39, 0.29) is 36.3 Å². The monoisotopic (exact) mass is 567 g/mol. The van der Waals surface area contributed by atoms with E-state index in [1.807, 2.05) is 12.1 Å². The van der Waals surface area contributed by atoms with Crippen molar-refractivity contribution < 1.29 is 18.3 Å². The molecule has 170 valence electrons. The number of hydrogen-bond donors (Lipinski definition) is 2. The SMILES string of the molecule is CN=C(NCc1cc(Cl)ccc1OC(F)F)NCc1cccnc1N1CCOCC1.I. The van der Waals surface area contributed by atoms with Crippen molar-refractivity contribution in [2.45, 2.75) is 19.7 Å². The van der Waals surface area contributed by atoms with Crippen LogP contribution in [0.2, 0.25) is 5.02 Å². The minimum Gasteiger partial charge on any atom is -0.434 e. The first-order valence-corrected chi connectivity index (χ1v) is 9.89. The Morgan fingerprint density at radius 3 is 2.61 bits per heavy atom. The summed E-state index contributed by atoms with van der Waals surface area (Å²) in [6.07, 6.45) is 1.77. The Morgan fingerprint density at radius 2 is 1.94 bits per heavy atom. The highest BCUT2D eigenvalue weighted by Crippen LogP contribution is 2.24. The summed E-state index contributed by atoms with van der Waals surface area (Å²) in [6, 6.07) is 8.40. The smallest absolute Gasteiger partial charge is 0.387 e. The average Bonchev–Trinajstić information content (AvgIpc) is 2.76. The summed E-state index contributed by atoms with van der Waals surface area (Å²) in [4.78, 5) is 10.9. The minimum atomic E-state index is -2.91. The van der Waals surface area contributed by atoms with E-state index >= 15 is 0 Å². The lowest BCUT2D eigenvalue weighted by molar-refractivity contribution is -0.0504. The van der Waals surface area contributed by atoms with Gasteiger partial charge in [0.25, 0.3) is 0 Å². The van der Waals surface area contributed by atoms with Crippen LogP contribution in [-0.2, 0) is 17.8 Å². The van der Waals surface area contributed by atoms with Gasteiger partial charge >= 0.3 is 6.61 Å². The van der Waals surface area contributed by atoms with Gasteiger partial charge in [0.15, 0.2) is 5.96 Å². The Hall–Kier alpha value is -1.92. The average molecular weight is 568 g/mol. The van der Waals surface area contributed by atoms with Gasteiger partial charge in [-0.25, -0.2) is 4.98 Å². The van der Waals surface area contributed by atoms with E-state index in [0.29, 0.717) is 36.3 Å². The van der Waals surface area contributed by atoms with Gasteiger partial charge in [0, 0.05) is 55.6 Å². The number of anilines is 1. The highest BCUT2D eigenvalue weighted by molar-refractivity contribution is 14.0. The van der Waals surface area contributed by atoms with Crippen LogP contribution in [-0.4, -0.2) is 50.9 Å². The number of hydrogen-bond acceptors (Lipinski definition) is 5. The van der Waals surface area contributed by atoms with Gasteiger partial charge in [0.05, 0.1) is 13.2 Å². The number of alkyl halides is 2. The second kappa shape index (κ2) is 12.8. The van der Waals surface area contributed by atoms with E-state index < -0.39 is 6.61 Å². The van der Waals surface area contributed by atoms with Crippen LogP contribution in [0, 0.1) is 0 Å². The highest BCUT2D eigenvalue weighted by Gasteiger charge is 2.16. The molecule has 3 rings (SSSR count). The van der Waals surface area contributed by atoms with Crippen molar-refractivity contribution in [3.63, 3.8) is 0 Å². The molecule has 2 aromatic rings. The Morgan fingerprint density at radius 1 is 1.23 bits per heavy atom. The third kappa shape index (κ3) is 7.62. The number of aliphatic imine (C=N–C) groups is 1. The zero-order valence-electron chi connectivity index (χ0n) is 17.0. The summed E-state index contributed by atoms with van der Waals surface area (Å²) in [5.74, 6) is 1.49. The zero-order valence-corrected chi connectivity index (χ0v) is 20.1. The fraction of sp³-hybridized carbons (Fsp3) is 0.400. The highest BCUT2D eigenvalue weighted by atomic mass is 127. The van der Waals surface area contributed by atoms with Crippen molar-refractivity contribution in [2.75, 3.05) is 38.3 Å². The summed E-state index contributed by atoms with van der Waals surface area (Å²) in [5.41, 5.74) is 1.52. The second-order valence-electron chi connectivity index (χ2n) is 6.50. The second-order valence-corrected chi connectivity index (χ2v) is 6.93. The molecule has 0 bridgehead atoms. The van der Waals surface area contributed by atoms with Crippen molar-refractivity contribution >= 4 is 47.4 Å². The normalized spacial score (nSPS) is 14.2. The van der Waals surface area contributed by atoms with Crippen molar-refractivity contribution in [2.24, 2.45) is 4.99 Å². The Balaban J connectivity index is 0.00000341. The number of guanidine groups is 1. The lowest BCUT2D eigenvalue weighted by Crippen LogP contribution is -2.39. The predicted molar refractivity (Wildman–Crippen MR) is 128 cm³/mol. The number of morpholine rings is 1. The van der Waals surface area contributed by atoms with Gasteiger partial charge in [-0.1, -0.05) is 17.7 Å². The largest absolute Gasteiger partial charge is 0.434 e. The third-order valence-electron chi connectivity index (χ3n) is 4.53. The Labute approximate surface area is 202 Å². The molecular weight excluding hydrogens is 543 g/mol. The fourth-order valence-electron chi connectivity index (χ4n) is 3.10. The predicted octanol–water partition coefficient (Wildman–Crippen LogP) is 3.66. The molecule has 1 aliphatic heterocycles. The van der Waals surface area contributed by atoms with Crippen molar-refractivity contribution in [1.82, 2.24) is 15.6 Å². The van der Waals surface area contributed by atoms with Gasteiger partial charge in [-0.2, -0.15) is 8.78 Å². The van der Waals surface area contributed by atoms with Crippen LogP contribution in [0.25, 0.3) is 0 Å². The van der Waals surface area contributed by atoms with E-state index in [9.17, 15) is 8.78 Å². The van der Waals surface area contributed by atoms with Gasteiger partial charge in [-0.15, -0.1) is 24.0 Å². The van der Waals surface area contributed by atoms with Gasteiger partial charge in [0.2, 0.25) is 0 Å². The van der Waals surface area contributed by atoms with Gasteiger partial charge in [-0.3, -0.25) is 4.99 Å². The molecule has 0 saturated carbocycles. The first-order chi connectivity index (χ1) is 14.6. The molecule has 31 heavy (non-hydrogen) atoms. The minimum absolute atomic E-state index is 0. The van der Waals surface area contributed by atoms with Gasteiger partial charge in [-0.05, 0) is 24.3 Å². The van der Waals surface area contributed by atoms with Crippen LogP contribution in [0.4, 0.5) is 14.6 Å². The number of rotatable bonds is 7. The summed E-state index contributed by atoms with van der Waals surface area (Å²) in [7, 11) is 1.63. The van der Waals surface area contributed by atoms with Crippen LogP contribution < -0.4 is 20.3 Å². The Kier molecular flexibility index (Phi) is 10.5. The molecule has 1 aliphatic rings. The molecule has 0 amide bonds. The third-order valence-corrected chi connectivity index (χ3v) is 4.77. The van der Waals surface area contributed by atoms with E-state index in [2.05, 4.69) is 30.2 Å². The molecule has 2 heterocycles. The van der Waals surface area contributed by atoms with E-state index in [1.54, 1.807) is 19.3 Å². The number of ether oxygens (including phenoxy) is 2. The summed E-state index contributed by atoms with van der Waals surface area (Å²) in [6.45, 7) is 0.732. The first kappa shape index (κ1) is 25.3. The first-order valence-electron chi connectivity index (χ1n) is 9.51. The molecule has 7 nitrogen and oxygen atoms in total. The van der Waals surface area contributed by atoms with Crippen molar-refractivity contribution in [3.05, 3.63) is 52.7 Å². The van der Waals surface area contributed by atoms with Gasteiger partial charge < -0.3 is 25.0 Å². The molecule has 11 heteroatoms. The summed E-state index contributed by atoms with van der Waals surface area (Å²) >= 11 is 6.00. The van der Waals surface area contributed by atoms with Crippen LogP contribution in [0.1, 0.15) is 11.1 Å². The molecule has 2 N–H and O–H groups in total. The number of halogens is 4. The van der Waals surface area contributed by atoms with E-state index in [1.165, 1.54) is 12.1 Å². The lowest BCUT2D eigenvalue weighted by atomic mass is 10.2. The maximum Gasteiger partial charge on any atom is 0.387 e. The van der Waals surface area contributed by atoms with Crippen molar-refractivity contribution in [1.29, 1.82) is 0 Å². The number of benzene rings is 1. The van der Waals surface area contributed by atoms with Crippen LogP contribution in [0.5, 0.6) is 5.75 Å². The van der Waals surface area contributed by atoms with Crippen LogP contribution >= 0.6 is 35.6 Å². The lowest BCUT2D eigenvalue weighted by Gasteiger charge is -2.29. The molecule has 1 aromatic heterocycles. The molecule has 1 aromatic carbocycles. The Bertz CT molecular complexity index is 869. The molecule has 1 fully saturated rings. The number of pyridine rings is 1. The van der Waals surface area contributed by atoms with E-state index in [0.717, 1.165) is 24.5 Å². The number of nitrogens with zero attached hydrogens (tertiary/aromatic N) is 3. The zero-order chi connectivity index (χ0) is 21.3. The molecule has 0 radical (unpaired) electrons. The van der Waals surface area contributed by atoms with Crippen molar-refractivity contribution in [3.8, 4) is 5.75 Å².